The van der Waals surface area contributed by atoms with E-state index in [9.17, 15) is 13.2 Å². The molecule has 0 aliphatic rings. The molecule has 3 N–H and O–H groups in total. The molecule has 2 aromatic heterocycles. The van der Waals surface area contributed by atoms with Crippen LogP contribution in [-0.2, 0) is 23.1 Å². The van der Waals surface area contributed by atoms with E-state index < -0.39 is 15.6 Å². The number of aromatic amines is 1. The predicted molar refractivity (Wildman–Crippen MR) is 78.5 cm³/mol. The number of sulfonamides is 1. The molecule has 0 aliphatic heterocycles. The topological polar surface area (TPSA) is 109 Å². The molecule has 0 atom stereocenters. The van der Waals surface area contributed by atoms with Crippen LogP contribution in [0.4, 0.5) is 5.82 Å². The molecule has 0 bridgehead atoms. The Morgan fingerprint density at radius 3 is 2.71 bits per heavy atom. The molecule has 0 spiro atoms. The second-order valence-corrected chi connectivity index (χ2v) is 6.08. The molecule has 2 aromatic rings. The molecule has 0 saturated heterocycles. The quantitative estimate of drug-likeness (QED) is 0.701. The van der Waals surface area contributed by atoms with Crippen molar-refractivity contribution in [2.75, 3.05) is 11.8 Å². The van der Waals surface area contributed by atoms with Crippen molar-refractivity contribution in [1.29, 1.82) is 0 Å². The predicted octanol–water partition coefficient (Wildman–Crippen LogP) is 0.111. The first kappa shape index (κ1) is 15.3. The average Bonchev–Trinajstić information content (AvgIpc) is 2.86. The zero-order valence-corrected chi connectivity index (χ0v) is 12.6. The van der Waals surface area contributed by atoms with E-state index in [1.807, 2.05) is 11.5 Å². The van der Waals surface area contributed by atoms with Crippen LogP contribution in [-0.4, -0.2) is 30.2 Å². The van der Waals surface area contributed by atoms with Gasteiger partial charge >= 0.3 is 0 Å². The standard InChI is InChI=1S/C12H17N5O3S/c1-3-17-8-10(6-9(17)7-13-2)21(19,20)16-11-4-5-12(18)15-14-11/h4-6,8,13H,3,7H2,1-2H3,(H,14,16)(H,15,18). The Balaban J connectivity index is 2.30. The van der Waals surface area contributed by atoms with Crippen molar-refractivity contribution in [2.24, 2.45) is 0 Å². The van der Waals surface area contributed by atoms with Crippen molar-refractivity contribution in [1.82, 2.24) is 20.1 Å². The molecule has 0 radical (unpaired) electrons. The van der Waals surface area contributed by atoms with Gasteiger partial charge in [0.25, 0.3) is 15.6 Å². The van der Waals surface area contributed by atoms with Gasteiger partial charge in [-0.15, -0.1) is 0 Å². The molecule has 21 heavy (non-hydrogen) atoms. The maximum Gasteiger partial charge on any atom is 0.264 e. The Hall–Kier alpha value is -2.13. The number of rotatable bonds is 6. The molecule has 8 nitrogen and oxygen atoms in total. The fourth-order valence-corrected chi connectivity index (χ4v) is 2.96. The number of aromatic nitrogens is 3. The van der Waals surface area contributed by atoms with Crippen LogP contribution in [0.5, 0.6) is 0 Å². The second kappa shape index (κ2) is 6.10. The molecule has 0 aromatic carbocycles. The van der Waals surface area contributed by atoms with Crippen LogP contribution in [0.2, 0.25) is 0 Å². The maximum absolute atomic E-state index is 12.3. The fourth-order valence-electron chi connectivity index (χ4n) is 1.89. The van der Waals surface area contributed by atoms with Crippen molar-refractivity contribution in [3.8, 4) is 0 Å². The summed E-state index contributed by atoms with van der Waals surface area (Å²) < 4.78 is 28.8. The SMILES string of the molecule is CCn1cc(S(=O)(=O)Nc2ccc(=O)[nH]n2)cc1CNC. The lowest BCUT2D eigenvalue weighted by molar-refractivity contribution is 0.600. The number of hydrogen-bond donors (Lipinski definition) is 3. The highest BCUT2D eigenvalue weighted by atomic mass is 32.2. The number of anilines is 1. The van der Waals surface area contributed by atoms with Crippen LogP contribution in [0.1, 0.15) is 12.6 Å². The molecule has 0 amide bonds. The summed E-state index contributed by atoms with van der Waals surface area (Å²) in [6.45, 7) is 3.18. The summed E-state index contributed by atoms with van der Waals surface area (Å²) >= 11 is 0. The average molecular weight is 311 g/mol. The van der Waals surface area contributed by atoms with Crippen LogP contribution >= 0.6 is 0 Å². The van der Waals surface area contributed by atoms with Gasteiger partial charge in [0.1, 0.15) is 4.90 Å². The highest BCUT2D eigenvalue weighted by Gasteiger charge is 2.18. The monoisotopic (exact) mass is 311 g/mol. The van der Waals surface area contributed by atoms with Gasteiger partial charge in [0.15, 0.2) is 5.82 Å². The van der Waals surface area contributed by atoms with Crippen molar-refractivity contribution >= 4 is 15.8 Å². The molecule has 114 valence electrons. The maximum atomic E-state index is 12.3. The third-order valence-corrected chi connectivity index (χ3v) is 4.21. The van der Waals surface area contributed by atoms with E-state index in [-0.39, 0.29) is 10.7 Å². The third-order valence-electron chi connectivity index (χ3n) is 2.89. The fraction of sp³-hybridized carbons (Fsp3) is 0.333. The van der Waals surface area contributed by atoms with Gasteiger partial charge in [-0.05, 0) is 26.1 Å². The van der Waals surface area contributed by atoms with Crippen molar-refractivity contribution in [2.45, 2.75) is 24.9 Å². The largest absolute Gasteiger partial charge is 0.349 e. The van der Waals surface area contributed by atoms with Gasteiger partial charge in [0.2, 0.25) is 0 Å². The second-order valence-electron chi connectivity index (χ2n) is 4.40. The molecule has 0 fully saturated rings. The smallest absolute Gasteiger partial charge is 0.264 e. The number of nitrogens with one attached hydrogen (secondary N) is 3. The highest BCUT2D eigenvalue weighted by molar-refractivity contribution is 7.92. The van der Waals surface area contributed by atoms with Crippen molar-refractivity contribution < 1.29 is 8.42 Å². The van der Waals surface area contributed by atoms with E-state index in [1.165, 1.54) is 12.1 Å². The number of hydrogen-bond acceptors (Lipinski definition) is 5. The van der Waals surface area contributed by atoms with Gasteiger partial charge in [-0.1, -0.05) is 0 Å². The minimum Gasteiger partial charge on any atom is -0.349 e. The summed E-state index contributed by atoms with van der Waals surface area (Å²) in [7, 11) is -1.94. The van der Waals surface area contributed by atoms with Crippen LogP contribution in [0, 0.1) is 0 Å². The van der Waals surface area contributed by atoms with Crippen molar-refractivity contribution in [3.05, 3.63) is 40.4 Å². The van der Waals surface area contributed by atoms with Crippen LogP contribution < -0.4 is 15.6 Å². The van der Waals surface area contributed by atoms with Gasteiger partial charge in [0, 0.05) is 31.0 Å². The summed E-state index contributed by atoms with van der Waals surface area (Å²) in [5.41, 5.74) is 0.473. The number of aryl methyl sites for hydroxylation is 1. The zero-order valence-electron chi connectivity index (χ0n) is 11.8. The first-order valence-electron chi connectivity index (χ1n) is 6.38. The van der Waals surface area contributed by atoms with E-state index >= 15 is 0 Å². The lowest BCUT2D eigenvalue weighted by Gasteiger charge is -2.04. The van der Waals surface area contributed by atoms with Crippen LogP contribution in [0.3, 0.4) is 0 Å². The van der Waals surface area contributed by atoms with E-state index in [0.29, 0.717) is 13.1 Å². The highest BCUT2D eigenvalue weighted by Crippen LogP contribution is 2.17. The molecule has 2 heterocycles. The third kappa shape index (κ3) is 3.50. The van der Waals surface area contributed by atoms with E-state index in [0.717, 1.165) is 5.69 Å². The van der Waals surface area contributed by atoms with E-state index in [2.05, 4.69) is 20.2 Å². The van der Waals surface area contributed by atoms with Gasteiger partial charge < -0.3 is 9.88 Å². The summed E-state index contributed by atoms with van der Waals surface area (Å²) in [5.74, 6) is 0.0639. The lowest BCUT2D eigenvalue weighted by Crippen LogP contribution is -2.16. The number of nitrogens with zero attached hydrogens (tertiary/aromatic N) is 2. The van der Waals surface area contributed by atoms with Gasteiger partial charge in [0.05, 0.1) is 0 Å². The summed E-state index contributed by atoms with van der Waals surface area (Å²) in [5, 5.41) is 8.79. The Bertz CT molecular complexity index is 758. The van der Waals surface area contributed by atoms with E-state index in [1.54, 1.807) is 19.3 Å². The minimum absolute atomic E-state index is 0.0639. The summed E-state index contributed by atoms with van der Waals surface area (Å²) in [4.78, 5) is 11.1. The van der Waals surface area contributed by atoms with Crippen LogP contribution in [0.25, 0.3) is 0 Å². The normalized spacial score (nSPS) is 11.5. The minimum atomic E-state index is -3.74. The number of H-pyrrole nitrogens is 1. The first-order chi connectivity index (χ1) is 9.96. The summed E-state index contributed by atoms with van der Waals surface area (Å²) in [6.07, 6.45) is 1.57. The Kier molecular flexibility index (Phi) is 4.43. The molecular weight excluding hydrogens is 294 g/mol. The Morgan fingerprint density at radius 1 is 1.38 bits per heavy atom. The van der Waals surface area contributed by atoms with Crippen LogP contribution in [0.15, 0.2) is 34.1 Å². The zero-order chi connectivity index (χ0) is 15.5. The van der Waals surface area contributed by atoms with Gasteiger partial charge in [-0.2, -0.15) is 5.10 Å². The molecule has 0 saturated carbocycles. The molecule has 0 unspecified atom stereocenters. The lowest BCUT2D eigenvalue weighted by atomic mass is 10.4. The Morgan fingerprint density at radius 2 is 2.14 bits per heavy atom. The molecular formula is C12H17N5O3S. The first-order valence-corrected chi connectivity index (χ1v) is 7.87. The molecule has 0 aliphatic carbocycles. The Labute approximate surface area is 122 Å². The van der Waals surface area contributed by atoms with Crippen molar-refractivity contribution in [3.63, 3.8) is 0 Å². The summed E-state index contributed by atoms with van der Waals surface area (Å²) in [6, 6.07) is 4.12. The van der Waals surface area contributed by atoms with Gasteiger partial charge in [-0.25, -0.2) is 13.5 Å². The van der Waals surface area contributed by atoms with E-state index in [4.69, 9.17) is 0 Å². The van der Waals surface area contributed by atoms with Gasteiger partial charge in [-0.3, -0.25) is 9.52 Å². The molecule has 2 rings (SSSR count). The molecule has 9 heteroatoms.